The first kappa shape index (κ1) is 16.2. The fraction of sp³-hybridized carbons (Fsp3) is 0.176. The maximum atomic E-state index is 12.0. The van der Waals surface area contributed by atoms with Gasteiger partial charge < -0.3 is 10.3 Å². The molecule has 0 radical (unpaired) electrons. The zero-order valence-corrected chi connectivity index (χ0v) is 14.5. The molecule has 0 saturated heterocycles. The Morgan fingerprint density at radius 2 is 1.92 bits per heavy atom. The van der Waals surface area contributed by atoms with Crippen LogP contribution < -0.4 is 5.73 Å². The fourth-order valence-corrected chi connectivity index (χ4v) is 3.14. The van der Waals surface area contributed by atoms with E-state index >= 15 is 0 Å². The molecule has 0 spiro atoms. The highest BCUT2D eigenvalue weighted by molar-refractivity contribution is 7.91. The van der Waals surface area contributed by atoms with Gasteiger partial charge in [0.05, 0.1) is 21.0 Å². The van der Waals surface area contributed by atoms with Crippen molar-refractivity contribution in [2.75, 3.05) is 12.0 Å². The lowest BCUT2D eigenvalue weighted by Gasteiger charge is -2.11. The molecule has 0 bridgehead atoms. The maximum absolute atomic E-state index is 12.0. The molecule has 1 atom stereocenters. The predicted molar refractivity (Wildman–Crippen MR) is 94.1 cm³/mol. The molecule has 0 amide bonds. The Balaban J connectivity index is 2.17. The molecule has 0 fully saturated rings. The third kappa shape index (κ3) is 3.03. The van der Waals surface area contributed by atoms with Gasteiger partial charge in [0.1, 0.15) is 5.82 Å². The molecule has 24 heavy (non-hydrogen) atoms. The summed E-state index contributed by atoms with van der Waals surface area (Å²) in [4.78, 5) is 4.73. The molecule has 7 heteroatoms. The lowest BCUT2D eigenvalue weighted by Crippen LogP contribution is -1.98. The Hall–Kier alpha value is -2.67. The van der Waals surface area contributed by atoms with E-state index in [9.17, 15) is 4.21 Å². The molecule has 124 valence electrons. The summed E-state index contributed by atoms with van der Waals surface area (Å²) >= 11 is 0. The number of hydrogen-bond donors (Lipinski definition) is 2. The summed E-state index contributed by atoms with van der Waals surface area (Å²) in [5, 5.41) is 3.88. The topological polar surface area (TPSA) is 106 Å². The van der Waals surface area contributed by atoms with Gasteiger partial charge in [-0.05, 0) is 43.2 Å². The van der Waals surface area contributed by atoms with Crippen LogP contribution in [0.1, 0.15) is 11.3 Å². The number of nitrogens with zero attached hydrogens (tertiary/aromatic N) is 2. The second-order valence-corrected chi connectivity index (χ2v) is 7.97. The zero-order chi connectivity index (χ0) is 17.5. The van der Waals surface area contributed by atoms with Crippen molar-refractivity contribution < 1.29 is 8.73 Å². The van der Waals surface area contributed by atoms with Gasteiger partial charge in [-0.3, -0.25) is 0 Å². The molecular formula is C17H18N4O2S. The number of nitrogens with one attached hydrogen (secondary N) is 1. The highest BCUT2D eigenvalue weighted by Crippen LogP contribution is 2.32. The minimum atomic E-state index is -2.79. The molecule has 1 unspecified atom stereocenters. The average Bonchev–Trinajstić information content (AvgIpc) is 2.93. The van der Waals surface area contributed by atoms with Gasteiger partial charge in [-0.25, -0.2) is 14.0 Å². The standard InChI is InChI=1S/C17H18N4O2S/c1-10-4-5-13(24(3,19)22)8-14(10)12-7-15(17(18)20-9-12)16-6-11(2)21-23-16/h4-9,19H,1-3H3,(H2,18,20). The summed E-state index contributed by atoms with van der Waals surface area (Å²) in [6, 6.07) is 9.02. The molecule has 1 aromatic carbocycles. The quantitative estimate of drug-likeness (QED) is 0.756. The van der Waals surface area contributed by atoms with E-state index in [4.69, 9.17) is 15.0 Å². The van der Waals surface area contributed by atoms with Crippen LogP contribution in [-0.4, -0.2) is 20.6 Å². The van der Waals surface area contributed by atoms with Crippen LogP contribution in [0.25, 0.3) is 22.5 Å². The van der Waals surface area contributed by atoms with Crippen molar-refractivity contribution in [3.8, 4) is 22.5 Å². The summed E-state index contributed by atoms with van der Waals surface area (Å²) in [5.41, 5.74) is 10.1. The molecule has 0 saturated carbocycles. The summed E-state index contributed by atoms with van der Waals surface area (Å²) in [5.74, 6) is 0.899. The first-order valence-corrected chi connectivity index (χ1v) is 9.26. The van der Waals surface area contributed by atoms with Crippen LogP contribution in [0.3, 0.4) is 0 Å². The normalized spacial score (nSPS) is 13.6. The number of rotatable bonds is 3. The van der Waals surface area contributed by atoms with E-state index in [1.807, 2.05) is 26.0 Å². The predicted octanol–water partition coefficient (Wildman–Crippen LogP) is 3.64. The van der Waals surface area contributed by atoms with Crippen LogP contribution in [-0.2, 0) is 9.73 Å². The van der Waals surface area contributed by atoms with Gasteiger partial charge >= 0.3 is 0 Å². The SMILES string of the molecule is Cc1cc(-c2cc(-c3cc(S(C)(=N)=O)ccc3C)cnc2N)on1. The summed E-state index contributed by atoms with van der Waals surface area (Å²) in [6.45, 7) is 3.79. The highest BCUT2D eigenvalue weighted by atomic mass is 32.2. The van der Waals surface area contributed by atoms with E-state index in [1.54, 1.807) is 24.4 Å². The van der Waals surface area contributed by atoms with Gasteiger partial charge in [-0.2, -0.15) is 0 Å². The molecule has 0 aliphatic rings. The van der Waals surface area contributed by atoms with Crippen LogP contribution in [0, 0.1) is 18.6 Å². The Labute approximate surface area is 140 Å². The van der Waals surface area contributed by atoms with Crippen molar-refractivity contribution in [3.05, 3.63) is 47.8 Å². The lowest BCUT2D eigenvalue weighted by molar-refractivity contribution is 0.427. The van der Waals surface area contributed by atoms with Crippen molar-refractivity contribution in [3.63, 3.8) is 0 Å². The summed E-state index contributed by atoms with van der Waals surface area (Å²) < 4.78 is 25.1. The van der Waals surface area contributed by atoms with Gasteiger partial charge in [0.15, 0.2) is 5.76 Å². The van der Waals surface area contributed by atoms with E-state index in [1.165, 1.54) is 6.26 Å². The molecule has 0 aliphatic heterocycles. The van der Waals surface area contributed by atoms with Gasteiger partial charge in [0, 0.05) is 29.0 Å². The van der Waals surface area contributed by atoms with Crippen molar-refractivity contribution >= 4 is 15.5 Å². The monoisotopic (exact) mass is 342 g/mol. The van der Waals surface area contributed by atoms with E-state index in [2.05, 4.69) is 10.1 Å². The Bertz CT molecular complexity index is 1020. The van der Waals surface area contributed by atoms with Crippen molar-refractivity contribution in [2.45, 2.75) is 18.7 Å². The van der Waals surface area contributed by atoms with E-state index in [-0.39, 0.29) is 0 Å². The smallest absolute Gasteiger partial charge is 0.170 e. The molecule has 3 N–H and O–H groups in total. The number of nitrogens with two attached hydrogens (primary N) is 1. The Kier molecular flexibility index (Phi) is 3.88. The van der Waals surface area contributed by atoms with Crippen LogP contribution in [0.5, 0.6) is 0 Å². The lowest BCUT2D eigenvalue weighted by atomic mass is 10.00. The van der Waals surface area contributed by atoms with Gasteiger partial charge in [0.25, 0.3) is 0 Å². The molecule has 2 heterocycles. The van der Waals surface area contributed by atoms with Gasteiger partial charge in [-0.1, -0.05) is 11.2 Å². The minimum Gasteiger partial charge on any atom is -0.383 e. The number of pyridine rings is 1. The van der Waals surface area contributed by atoms with Crippen LogP contribution in [0.2, 0.25) is 0 Å². The van der Waals surface area contributed by atoms with Crippen molar-refractivity contribution in [1.29, 1.82) is 4.78 Å². The number of nitrogen functional groups attached to an aromatic ring is 1. The zero-order valence-electron chi connectivity index (χ0n) is 13.7. The number of aryl methyl sites for hydroxylation is 2. The molecule has 2 aromatic heterocycles. The minimum absolute atomic E-state index is 0.350. The fourth-order valence-electron chi connectivity index (χ4n) is 2.46. The average molecular weight is 342 g/mol. The van der Waals surface area contributed by atoms with Gasteiger partial charge in [0.2, 0.25) is 0 Å². The molecule has 6 nitrogen and oxygen atoms in total. The van der Waals surface area contributed by atoms with Gasteiger partial charge in [-0.15, -0.1) is 0 Å². The first-order chi connectivity index (χ1) is 11.3. The number of hydrogen-bond acceptors (Lipinski definition) is 6. The first-order valence-electron chi connectivity index (χ1n) is 7.30. The number of aromatic nitrogens is 2. The van der Waals surface area contributed by atoms with E-state index in [0.29, 0.717) is 22.0 Å². The Morgan fingerprint density at radius 1 is 1.17 bits per heavy atom. The molecular weight excluding hydrogens is 324 g/mol. The second kappa shape index (κ2) is 5.76. The third-order valence-corrected chi connectivity index (χ3v) is 4.94. The molecule has 0 aliphatic carbocycles. The maximum Gasteiger partial charge on any atom is 0.170 e. The second-order valence-electron chi connectivity index (χ2n) is 5.81. The van der Waals surface area contributed by atoms with Crippen molar-refractivity contribution in [1.82, 2.24) is 10.1 Å². The largest absolute Gasteiger partial charge is 0.383 e. The van der Waals surface area contributed by atoms with E-state index < -0.39 is 9.73 Å². The van der Waals surface area contributed by atoms with Crippen LogP contribution in [0.15, 0.2) is 45.9 Å². The van der Waals surface area contributed by atoms with Crippen molar-refractivity contribution in [2.24, 2.45) is 0 Å². The van der Waals surface area contributed by atoms with E-state index in [0.717, 1.165) is 22.4 Å². The van der Waals surface area contributed by atoms with Crippen LogP contribution >= 0.6 is 0 Å². The van der Waals surface area contributed by atoms with Crippen LogP contribution in [0.4, 0.5) is 5.82 Å². The number of benzene rings is 1. The third-order valence-electron chi connectivity index (χ3n) is 3.78. The molecule has 3 rings (SSSR count). The summed E-state index contributed by atoms with van der Waals surface area (Å²) in [7, 11) is -2.79. The Morgan fingerprint density at radius 3 is 2.54 bits per heavy atom. The molecule has 3 aromatic rings. The number of anilines is 1. The highest BCUT2D eigenvalue weighted by Gasteiger charge is 2.14. The summed E-state index contributed by atoms with van der Waals surface area (Å²) in [6.07, 6.45) is 3.07.